The van der Waals surface area contributed by atoms with Crippen LogP contribution in [0, 0.1) is 0 Å². The first-order valence-electron chi connectivity index (χ1n) is 3.99. The third kappa shape index (κ3) is 2.16. The van der Waals surface area contributed by atoms with Crippen molar-refractivity contribution in [1.82, 2.24) is 15.0 Å². The SMILES string of the molecule is O=S(=O)(Cl)c1cccc(-n2nccn2)c1. The fourth-order valence-corrected chi connectivity index (χ4v) is 1.90. The summed E-state index contributed by atoms with van der Waals surface area (Å²) in [7, 11) is 1.50. The first kappa shape index (κ1) is 10.1. The van der Waals surface area contributed by atoms with Crippen LogP contribution < -0.4 is 0 Å². The van der Waals surface area contributed by atoms with Crippen LogP contribution in [0.2, 0.25) is 0 Å². The zero-order valence-corrected chi connectivity index (χ0v) is 8.98. The lowest BCUT2D eigenvalue weighted by Crippen LogP contribution is -2.00. The molecule has 15 heavy (non-hydrogen) atoms. The van der Waals surface area contributed by atoms with Crippen LogP contribution in [0.3, 0.4) is 0 Å². The number of rotatable bonds is 2. The van der Waals surface area contributed by atoms with Gasteiger partial charge in [-0.2, -0.15) is 15.0 Å². The van der Waals surface area contributed by atoms with Gasteiger partial charge in [0.15, 0.2) is 0 Å². The Morgan fingerprint density at radius 2 is 1.87 bits per heavy atom. The molecule has 7 heteroatoms. The van der Waals surface area contributed by atoms with Crippen molar-refractivity contribution in [3.63, 3.8) is 0 Å². The Balaban J connectivity index is 2.53. The molecule has 0 amide bonds. The van der Waals surface area contributed by atoms with Gasteiger partial charge in [0.25, 0.3) is 9.05 Å². The summed E-state index contributed by atoms with van der Waals surface area (Å²) < 4.78 is 22.1. The average Bonchev–Trinajstić information content (AvgIpc) is 2.69. The highest BCUT2D eigenvalue weighted by molar-refractivity contribution is 8.13. The number of aromatic nitrogens is 3. The van der Waals surface area contributed by atoms with Gasteiger partial charge in [-0.1, -0.05) is 6.07 Å². The quantitative estimate of drug-likeness (QED) is 0.744. The van der Waals surface area contributed by atoms with Crippen molar-refractivity contribution < 1.29 is 8.42 Å². The predicted octanol–water partition coefficient (Wildman–Crippen LogP) is 1.19. The molecular weight excluding hydrogens is 238 g/mol. The smallest absolute Gasteiger partial charge is 0.207 e. The maximum Gasteiger partial charge on any atom is 0.261 e. The van der Waals surface area contributed by atoms with Crippen LogP contribution in [0.4, 0.5) is 0 Å². The molecule has 1 heterocycles. The Morgan fingerprint density at radius 1 is 1.20 bits per heavy atom. The van der Waals surface area contributed by atoms with Crippen LogP contribution >= 0.6 is 10.7 Å². The second kappa shape index (κ2) is 3.63. The first-order valence-corrected chi connectivity index (χ1v) is 6.30. The summed E-state index contributed by atoms with van der Waals surface area (Å²) in [5.41, 5.74) is 0.543. The van der Waals surface area contributed by atoms with Gasteiger partial charge in [-0.15, -0.1) is 0 Å². The molecule has 78 valence electrons. The topological polar surface area (TPSA) is 64.8 Å². The summed E-state index contributed by atoms with van der Waals surface area (Å²) in [6.07, 6.45) is 3.00. The minimum atomic E-state index is -3.71. The molecule has 0 saturated carbocycles. The van der Waals surface area contributed by atoms with Crippen LogP contribution in [0.1, 0.15) is 0 Å². The molecule has 0 N–H and O–H groups in total. The Kier molecular flexibility index (Phi) is 2.45. The number of benzene rings is 1. The monoisotopic (exact) mass is 243 g/mol. The van der Waals surface area contributed by atoms with E-state index in [0.717, 1.165) is 0 Å². The van der Waals surface area contributed by atoms with Crippen LogP contribution in [-0.4, -0.2) is 23.4 Å². The minimum Gasteiger partial charge on any atom is -0.207 e. The van der Waals surface area contributed by atoms with Crippen LogP contribution in [-0.2, 0) is 9.05 Å². The lowest BCUT2D eigenvalue weighted by Gasteiger charge is -2.00. The zero-order chi connectivity index (χ0) is 10.9. The maximum atomic E-state index is 11.1. The molecule has 5 nitrogen and oxygen atoms in total. The van der Waals surface area contributed by atoms with Crippen molar-refractivity contribution in [1.29, 1.82) is 0 Å². The summed E-state index contributed by atoms with van der Waals surface area (Å²) in [6, 6.07) is 6.08. The molecule has 2 aromatic rings. The van der Waals surface area contributed by atoms with E-state index >= 15 is 0 Å². The van der Waals surface area contributed by atoms with Gasteiger partial charge < -0.3 is 0 Å². The molecule has 0 unspecified atom stereocenters. The maximum absolute atomic E-state index is 11.1. The van der Waals surface area contributed by atoms with Gasteiger partial charge in [-0.25, -0.2) is 8.42 Å². The van der Waals surface area contributed by atoms with E-state index in [1.165, 1.54) is 29.3 Å². The Bertz CT molecular complexity index is 565. The number of halogens is 1. The molecule has 0 aliphatic rings. The van der Waals surface area contributed by atoms with E-state index in [-0.39, 0.29) is 4.90 Å². The lowest BCUT2D eigenvalue weighted by molar-refractivity contribution is 0.609. The normalized spacial score (nSPS) is 11.5. The molecule has 1 aromatic carbocycles. The van der Waals surface area contributed by atoms with E-state index < -0.39 is 9.05 Å². The van der Waals surface area contributed by atoms with Gasteiger partial charge in [0.05, 0.1) is 23.0 Å². The largest absolute Gasteiger partial charge is 0.261 e. The fourth-order valence-electron chi connectivity index (χ4n) is 1.11. The standard InChI is InChI=1S/C8H6ClN3O2S/c9-15(13,14)8-3-1-2-7(6-8)12-10-4-5-11-12/h1-6H. The Hall–Kier alpha value is -1.40. The molecule has 0 bridgehead atoms. The highest BCUT2D eigenvalue weighted by atomic mass is 35.7. The molecule has 0 radical (unpaired) electrons. The Labute approximate surface area is 90.7 Å². The van der Waals surface area contributed by atoms with E-state index in [0.29, 0.717) is 5.69 Å². The van der Waals surface area contributed by atoms with E-state index in [4.69, 9.17) is 10.7 Å². The fraction of sp³-hybridized carbons (Fsp3) is 0. The van der Waals surface area contributed by atoms with Crippen LogP contribution in [0.5, 0.6) is 0 Å². The van der Waals surface area contributed by atoms with Gasteiger partial charge in [-0.3, -0.25) is 0 Å². The summed E-state index contributed by atoms with van der Waals surface area (Å²) in [5, 5.41) is 7.75. The third-order valence-electron chi connectivity index (χ3n) is 1.75. The van der Waals surface area contributed by atoms with Gasteiger partial charge in [0.1, 0.15) is 0 Å². The van der Waals surface area contributed by atoms with Crippen molar-refractivity contribution in [2.24, 2.45) is 0 Å². The van der Waals surface area contributed by atoms with Gasteiger partial charge >= 0.3 is 0 Å². The van der Waals surface area contributed by atoms with Crippen molar-refractivity contribution in [3.05, 3.63) is 36.7 Å². The molecule has 0 atom stereocenters. The highest BCUT2D eigenvalue weighted by Gasteiger charge is 2.10. The summed E-state index contributed by atoms with van der Waals surface area (Å²) >= 11 is 0. The minimum absolute atomic E-state index is 0.0268. The van der Waals surface area contributed by atoms with Crippen molar-refractivity contribution in [2.75, 3.05) is 0 Å². The second-order valence-corrected chi connectivity index (χ2v) is 5.32. The van der Waals surface area contributed by atoms with Gasteiger partial charge in [0, 0.05) is 10.7 Å². The van der Waals surface area contributed by atoms with Crippen LogP contribution in [0.15, 0.2) is 41.6 Å². The summed E-state index contributed by atoms with van der Waals surface area (Å²) in [4.78, 5) is 1.34. The van der Waals surface area contributed by atoms with Crippen molar-refractivity contribution in [2.45, 2.75) is 4.90 Å². The van der Waals surface area contributed by atoms with Crippen LogP contribution in [0.25, 0.3) is 5.69 Å². The van der Waals surface area contributed by atoms with E-state index in [9.17, 15) is 8.42 Å². The molecule has 2 rings (SSSR count). The molecule has 0 spiro atoms. The lowest BCUT2D eigenvalue weighted by atomic mass is 10.3. The zero-order valence-electron chi connectivity index (χ0n) is 7.41. The molecule has 0 aliphatic heterocycles. The molecule has 0 saturated heterocycles. The second-order valence-electron chi connectivity index (χ2n) is 2.75. The number of hydrogen-bond donors (Lipinski definition) is 0. The first-order chi connectivity index (χ1) is 7.07. The highest BCUT2D eigenvalue weighted by Crippen LogP contribution is 2.17. The molecular formula is C8H6ClN3O2S. The number of hydrogen-bond acceptors (Lipinski definition) is 4. The molecule has 0 aliphatic carbocycles. The average molecular weight is 244 g/mol. The Morgan fingerprint density at radius 3 is 2.47 bits per heavy atom. The van der Waals surface area contributed by atoms with E-state index in [1.807, 2.05) is 0 Å². The van der Waals surface area contributed by atoms with Gasteiger partial charge in [0.2, 0.25) is 0 Å². The molecule has 0 fully saturated rings. The van der Waals surface area contributed by atoms with Gasteiger partial charge in [-0.05, 0) is 18.2 Å². The molecule has 1 aromatic heterocycles. The van der Waals surface area contributed by atoms with Crippen molar-refractivity contribution in [3.8, 4) is 5.69 Å². The van der Waals surface area contributed by atoms with Crippen molar-refractivity contribution >= 4 is 19.7 Å². The number of nitrogens with zero attached hydrogens (tertiary/aromatic N) is 3. The van der Waals surface area contributed by atoms with E-state index in [1.54, 1.807) is 12.1 Å². The predicted molar refractivity (Wildman–Crippen MR) is 54.4 cm³/mol. The summed E-state index contributed by atoms with van der Waals surface area (Å²) in [6.45, 7) is 0. The third-order valence-corrected chi connectivity index (χ3v) is 3.10. The summed E-state index contributed by atoms with van der Waals surface area (Å²) in [5.74, 6) is 0. The van der Waals surface area contributed by atoms with E-state index in [2.05, 4.69) is 10.2 Å².